The minimum absolute atomic E-state index is 0.0771. The lowest BCUT2D eigenvalue weighted by molar-refractivity contribution is -0.111. The molecule has 1 fully saturated rings. The fourth-order valence-corrected chi connectivity index (χ4v) is 4.96. The lowest BCUT2D eigenvalue weighted by Gasteiger charge is -2.30. The Balaban J connectivity index is 1.49. The molecule has 0 unspecified atom stereocenters. The normalized spacial score (nSPS) is 14.3. The summed E-state index contributed by atoms with van der Waals surface area (Å²) in [6.07, 6.45) is 5.74. The smallest absolute Gasteiger partial charge is 0.490 e. The molecule has 2 aromatic carbocycles. The number of ether oxygens (including phenoxy) is 1. The number of carbonyl (C=O) groups excluding carboxylic acids is 1. The molecule has 4 N–H and O–H groups in total. The zero-order valence-corrected chi connectivity index (χ0v) is 24.3. The van der Waals surface area contributed by atoms with Crippen LogP contribution >= 0.6 is 19.4 Å². The SMILES string of the molecule is C=CC(=O)Nc1cccc(-c2nc(Nc3ccc(OP(=O)(O)O)c(OCCCN4CCC(C)CC4)c3)ncc2Cl)c1. The van der Waals surface area contributed by atoms with E-state index in [1.54, 1.807) is 36.4 Å². The first-order valence-electron chi connectivity index (χ1n) is 13.2. The van der Waals surface area contributed by atoms with Crippen molar-refractivity contribution in [3.8, 4) is 22.8 Å². The van der Waals surface area contributed by atoms with Crippen molar-refractivity contribution in [3.05, 3.63) is 66.3 Å². The van der Waals surface area contributed by atoms with Gasteiger partial charge >= 0.3 is 7.82 Å². The van der Waals surface area contributed by atoms with Gasteiger partial charge in [-0.25, -0.2) is 14.5 Å². The average molecular weight is 602 g/mol. The van der Waals surface area contributed by atoms with Crippen molar-refractivity contribution in [1.82, 2.24) is 14.9 Å². The fourth-order valence-electron chi connectivity index (χ4n) is 4.35. The van der Waals surface area contributed by atoms with E-state index in [4.69, 9.17) is 20.9 Å². The molecule has 1 aliphatic heterocycles. The highest BCUT2D eigenvalue weighted by atomic mass is 35.5. The molecule has 0 spiro atoms. The zero-order valence-electron chi connectivity index (χ0n) is 22.6. The van der Waals surface area contributed by atoms with Crippen LogP contribution in [-0.4, -0.2) is 56.8 Å². The summed E-state index contributed by atoms with van der Waals surface area (Å²) in [5, 5.41) is 6.08. The minimum atomic E-state index is -4.80. The van der Waals surface area contributed by atoms with Crippen molar-refractivity contribution >= 4 is 42.7 Å². The number of nitrogens with one attached hydrogen (secondary N) is 2. The summed E-state index contributed by atoms with van der Waals surface area (Å²) >= 11 is 6.39. The van der Waals surface area contributed by atoms with Crippen LogP contribution in [0.1, 0.15) is 26.2 Å². The van der Waals surface area contributed by atoms with Gasteiger partial charge in [0.2, 0.25) is 11.9 Å². The molecule has 1 amide bonds. The van der Waals surface area contributed by atoms with E-state index >= 15 is 0 Å². The standard InChI is InChI=1S/C28H33ClN5O6P/c1-3-26(35)31-21-7-4-6-20(16-21)27-23(29)18-30-28(33-27)32-22-8-9-24(40-41(36,37)38)25(17-22)39-15-5-12-34-13-10-19(2)11-14-34/h3-4,6-9,16-19H,1,5,10-15H2,2H3,(H,31,35)(H,30,32,33)(H2,36,37,38). The third-order valence-electron chi connectivity index (χ3n) is 6.50. The second kappa shape index (κ2) is 13.9. The van der Waals surface area contributed by atoms with Crippen LogP contribution in [0.5, 0.6) is 11.5 Å². The number of phosphoric ester groups is 1. The van der Waals surface area contributed by atoms with Crippen molar-refractivity contribution in [2.75, 3.05) is 36.9 Å². The van der Waals surface area contributed by atoms with Crippen LogP contribution in [0.3, 0.4) is 0 Å². The zero-order chi connectivity index (χ0) is 29.4. The number of benzene rings is 2. The van der Waals surface area contributed by atoms with Crippen LogP contribution in [0.2, 0.25) is 5.02 Å². The fraction of sp³-hybridized carbons (Fsp3) is 0.321. The molecule has 0 aliphatic carbocycles. The van der Waals surface area contributed by atoms with Gasteiger partial charge in [-0.05, 0) is 68.6 Å². The number of amides is 1. The molecule has 3 aromatic rings. The van der Waals surface area contributed by atoms with E-state index in [1.807, 2.05) is 0 Å². The monoisotopic (exact) mass is 601 g/mol. The first kappa shape index (κ1) is 30.5. The van der Waals surface area contributed by atoms with Crippen LogP contribution in [0.4, 0.5) is 17.3 Å². The minimum Gasteiger partial charge on any atom is -0.490 e. The molecule has 2 heterocycles. The van der Waals surface area contributed by atoms with E-state index in [0.717, 1.165) is 32.0 Å². The van der Waals surface area contributed by atoms with Gasteiger partial charge in [-0.15, -0.1) is 0 Å². The van der Waals surface area contributed by atoms with E-state index < -0.39 is 7.82 Å². The maximum atomic E-state index is 11.7. The van der Waals surface area contributed by atoms with E-state index in [-0.39, 0.29) is 23.4 Å². The van der Waals surface area contributed by atoms with Gasteiger partial charge in [0.25, 0.3) is 0 Å². The van der Waals surface area contributed by atoms with Crippen LogP contribution in [0.15, 0.2) is 61.3 Å². The van der Waals surface area contributed by atoms with Gasteiger partial charge in [-0.1, -0.05) is 37.2 Å². The topological polar surface area (TPSA) is 146 Å². The maximum Gasteiger partial charge on any atom is 0.524 e. The molecule has 13 heteroatoms. The van der Waals surface area contributed by atoms with Crippen LogP contribution in [-0.2, 0) is 9.36 Å². The largest absolute Gasteiger partial charge is 0.524 e. The first-order chi connectivity index (χ1) is 19.6. The Morgan fingerprint density at radius 1 is 1.20 bits per heavy atom. The molecule has 0 radical (unpaired) electrons. The van der Waals surface area contributed by atoms with Gasteiger partial charge in [0.15, 0.2) is 11.5 Å². The molecule has 218 valence electrons. The number of nitrogens with zero attached hydrogens (tertiary/aromatic N) is 3. The van der Waals surface area contributed by atoms with Crippen molar-refractivity contribution in [2.45, 2.75) is 26.2 Å². The predicted molar refractivity (Wildman–Crippen MR) is 159 cm³/mol. The Hall–Kier alpha value is -3.47. The van der Waals surface area contributed by atoms with E-state index in [0.29, 0.717) is 34.3 Å². The molecular formula is C28H33ClN5O6P. The second-order valence-corrected chi connectivity index (χ2v) is 11.3. The van der Waals surface area contributed by atoms with E-state index in [1.165, 1.54) is 31.2 Å². The number of likely N-dealkylation sites (tertiary alicyclic amines) is 1. The number of piperidine rings is 1. The summed E-state index contributed by atoms with van der Waals surface area (Å²) in [5.74, 6) is 0.723. The second-order valence-electron chi connectivity index (χ2n) is 9.76. The summed E-state index contributed by atoms with van der Waals surface area (Å²) in [4.78, 5) is 41.6. The van der Waals surface area contributed by atoms with Crippen molar-refractivity contribution < 1.29 is 28.4 Å². The number of phosphoric acid groups is 1. The average Bonchev–Trinajstić information content (AvgIpc) is 2.93. The number of halogens is 1. The number of anilines is 3. The summed E-state index contributed by atoms with van der Waals surface area (Å²) in [6, 6.07) is 11.6. The molecule has 11 nitrogen and oxygen atoms in total. The maximum absolute atomic E-state index is 11.7. The van der Waals surface area contributed by atoms with E-state index in [2.05, 4.69) is 39.0 Å². The summed E-state index contributed by atoms with van der Waals surface area (Å²) in [6.45, 7) is 9.06. The van der Waals surface area contributed by atoms with Crippen molar-refractivity contribution in [1.29, 1.82) is 0 Å². The highest BCUT2D eigenvalue weighted by molar-refractivity contribution is 7.46. The number of aromatic nitrogens is 2. The molecule has 1 saturated heterocycles. The van der Waals surface area contributed by atoms with Crippen LogP contribution in [0, 0.1) is 5.92 Å². The number of hydrogen-bond acceptors (Lipinski definition) is 8. The summed E-state index contributed by atoms with van der Waals surface area (Å²) in [7, 11) is -4.80. The summed E-state index contributed by atoms with van der Waals surface area (Å²) in [5.41, 5.74) is 2.14. The lowest BCUT2D eigenvalue weighted by atomic mass is 9.99. The molecule has 1 aromatic heterocycles. The van der Waals surface area contributed by atoms with Crippen molar-refractivity contribution in [2.24, 2.45) is 5.92 Å². The molecule has 0 saturated carbocycles. The van der Waals surface area contributed by atoms with Gasteiger partial charge in [-0.2, -0.15) is 0 Å². The van der Waals surface area contributed by atoms with Gasteiger partial charge < -0.3 is 24.8 Å². The van der Waals surface area contributed by atoms with Gasteiger partial charge in [0.05, 0.1) is 23.5 Å². The Bertz CT molecular complexity index is 1430. The van der Waals surface area contributed by atoms with Crippen LogP contribution < -0.4 is 19.9 Å². The van der Waals surface area contributed by atoms with Gasteiger partial charge in [0, 0.05) is 29.5 Å². The predicted octanol–water partition coefficient (Wildman–Crippen LogP) is 5.64. The Labute approximate surface area is 243 Å². The van der Waals surface area contributed by atoms with E-state index in [9.17, 15) is 19.1 Å². The number of rotatable bonds is 12. The molecule has 41 heavy (non-hydrogen) atoms. The molecule has 1 aliphatic rings. The highest BCUT2D eigenvalue weighted by Crippen LogP contribution is 2.43. The third-order valence-corrected chi connectivity index (χ3v) is 7.21. The molecule has 0 atom stereocenters. The van der Waals surface area contributed by atoms with Gasteiger partial charge in [0.1, 0.15) is 0 Å². The number of hydrogen-bond donors (Lipinski definition) is 4. The molecule has 4 rings (SSSR count). The van der Waals surface area contributed by atoms with Gasteiger partial charge in [-0.3, -0.25) is 14.6 Å². The Morgan fingerprint density at radius 2 is 1.98 bits per heavy atom. The number of carbonyl (C=O) groups is 1. The Kier molecular flexibility index (Phi) is 10.4. The highest BCUT2D eigenvalue weighted by Gasteiger charge is 2.20. The lowest BCUT2D eigenvalue weighted by Crippen LogP contribution is -2.34. The van der Waals surface area contributed by atoms with Crippen molar-refractivity contribution in [3.63, 3.8) is 0 Å². The Morgan fingerprint density at radius 3 is 2.71 bits per heavy atom. The third kappa shape index (κ3) is 9.27. The van der Waals surface area contributed by atoms with Crippen LogP contribution in [0.25, 0.3) is 11.3 Å². The summed E-state index contributed by atoms with van der Waals surface area (Å²) < 4.78 is 22.3. The first-order valence-corrected chi connectivity index (χ1v) is 15.1. The molecular weight excluding hydrogens is 569 g/mol. The quantitative estimate of drug-likeness (QED) is 0.117. The molecule has 0 bridgehead atoms.